The molecule has 1 aromatic heterocycles. The van der Waals surface area contributed by atoms with Gasteiger partial charge in [0, 0.05) is 5.56 Å². The highest BCUT2D eigenvalue weighted by atomic mass is 16.5. The lowest BCUT2D eigenvalue weighted by Gasteiger charge is -2.07. The molecule has 2 aromatic carbocycles. The highest BCUT2D eigenvalue weighted by Gasteiger charge is 2.02. The minimum atomic E-state index is 0.733. The molecule has 0 aliphatic rings. The van der Waals surface area contributed by atoms with Crippen LogP contribution in [0.2, 0.25) is 0 Å². The van der Waals surface area contributed by atoms with Crippen LogP contribution in [0.25, 0.3) is 11.3 Å². The lowest BCUT2D eigenvalue weighted by atomic mass is 10.0. The Morgan fingerprint density at radius 1 is 0.731 bits per heavy atom. The summed E-state index contributed by atoms with van der Waals surface area (Å²) < 4.78 is 5.59. The van der Waals surface area contributed by atoms with Gasteiger partial charge in [0.05, 0.1) is 18.5 Å². The molecule has 0 amide bonds. The smallest absolute Gasteiger partial charge is 0.137 e. The highest BCUT2D eigenvalue weighted by molar-refractivity contribution is 5.59. The first kappa shape index (κ1) is 18.2. The molecule has 0 aliphatic heterocycles. The lowest BCUT2D eigenvalue weighted by molar-refractivity contribution is 0.316. The van der Waals surface area contributed by atoms with E-state index >= 15 is 0 Å². The second-order valence-electron chi connectivity index (χ2n) is 6.59. The Hall–Kier alpha value is -2.61. The van der Waals surface area contributed by atoms with Gasteiger partial charge in [-0.1, -0.05) is 62.4 Å². The molecular weight excluding hydrogens is 318 g/mol. The number of aromatic nitrogens is 1. The summed E-state index contributed by atoms with van der Waals surface area (Å²) in [6, 6.07) is 21.7. The van der Waals surface area contributed by atoms with Crippen molar-refractivity contribution in [1.82, 2.24) is 4.98 Å². The molecule has 0 radical (unpaired) electrons. The summed E-state index contributed by atoms with van der Waals surface area (Å²) in [7, 11) is 0. The van der Waals surface area contributed by atoms with E-state index in [4.69, 9.17) is 4.74 Å². The minimum absolute atomic E-state index is 0.733. The first-order valence-corrected chi connectivity index (χ1v) is 9.54. The molecule has 3 aromatic rings. The molecule has 0 fully saturated rings. The van der Waals surface area contributed by atoms with E-state index in [2.05, 4.69) is 67.4 Å². The number of benzene rings is 2. The molecule has 0 unspecified atom stereocenters. The predicted molar refractivity (Wildman–Crippen MR) is 109 cm³/mol. The largest absolute Gasteiger partial charge is 0.492 e. The first-order chi connectivity index (χ1) is 12.8. The molecule has 26 heavy (non-hydrogen) atoms. The van der Waals surface area contributed by atoms with Crippen molar-refractivity contribution >= 4 is 0 Å². The van der Waals surface area contributed by atoms with Crippen molar-refractivity contribution in [2.75, 3.05) is 6.61 Å². The van der Waals surface area contributed by atoms with Crippen LogP contribution in [0, 0.1) is 0 Å². The fraction of sp³-hybridized carbons (Fsp3) is 0.292. The number of hydrogen-bond donors (Lipinski definition) is 0. The Bertz CT molecular complexity index is 789. The summed E-state index contributed by atoms with van der Waals surface area (Å²) in [5.41, 5.74) is 6.28. The second-order valence-corrected chi connectivity index (χ2v) is 6.59. The minimum Gasteiger partial charge on any atom is -0.492 e. The molecular formula is C24H27NO. The second kappa shape index (κ2) is 9.19. The Morgan fingerprint density at radius 3 is 1.88 bits per heavy atom. The van der Waals surface area contributed by atoms with Crippen LogP contribution < -0.4 is 4.74 Å². The van der Waals surface area contributed by atoms with Crippen LogP contribution in [-0.2, 0) is 19.3 Å². The molecule has 2 heteroatoms. The average molecular weight is 345 g/mol. The normalized spacial score (nSPS) is 10.7. The zero-order valence-corrected chi connectivity index (χ0v) is 15.7. The first-order valence-electron chi connectivity index (χ1n) is 9.54. The Labute approximate surface area is 156 Å². The monoisotopic (exact) mass is 345 g/mol. The van der Waals surface area contributed by atoms with Gasteiger partial charge in [0.25, 0.3) is 0 Å². The zero-order chi connectivity index (χ0) is 18.2. The van der Waals surface area contributed by atoms with E-state index in [-0.39, 0.29) is 0 Å². The van der Waals surface area contributed by atoms with E-state index in [1.54, 1.807) is 6.20 Å². The number of ether oxygens (including phenoxy) is 1. The van der Waals surface area contributed by atoms with E-state index in [9.17, 15) is 0 Å². The molecule has 0 bridgehead atoms. The van der Waals surface area contributed by atoms with Crippen molar-refractivity contribution in [2.24, 2.45) is 0 Å². The van der Waals surface area contributed by atoms with Crippen molar-refractivity contribution in [3.63, 3.8) is 0 Å². The molecule has 0 spiro atoms. The van der Waals surface area contributed by atoms with Gasteiger partial charge in [0.1, 0.15) is 5.75 Å². The quantitative estimate of drug-likeness (QED) is 0.508. The molecule has 134 valence electrons. The topological polar surface area (TPSA) is 22.1 Å². The van der Waals surface area contributed by atoms with Gasteiger partial charge in [-0.3, -0.25) is 4.98 Å². The molecule has 0 atom stereocenters. The molecule has 2 nitrogen and oxygen atoms in total. The van der Waals surface area contributed by atoms with Crippen LogP contribution in [0.3, 0.4) is 0 Å². The predicted octanol–water partition coefficient (Wildman–Crippen LogP) is 5.89. The van der Waals surface area contributed by atoms with Crippen LogP contribution in [0.15, 0.2) is 66.9 Å². The number of rotatable bonds is 8. The molecule has 0 saturated carbocycles. The Balaban J connectivity index is 1.58. The zero-order valence-electron chi connectivity index (χ0n) is 15.7. The van der Waals surface area contributed by atoms with E-state index in [0.29, 0.717) is 0 Å². The standard InChI is InChI=1S/C24H27NO/c1-3-17-26-23-15-16-24(25-18-23)22-13-11-21(12-14-22)10-9-20-7-5-19(4-2)6-8-20/h5-8,11-16,18H,3-4,9-10,17H2,1-2H3. The number of pyridine rings is 1. The van der Waals surface area contributed by atoms with Crippen LogP contribution in [0.5, 0.6) is 5.75 Å². The maximum atomic E-state index is 5.59. The third-order valence-corrected chi connectivity index (χ3v) is 4.59. The van der Waals surface area contributed by atoms with Crippen molar-refractivity contribution in [2.45, 2.75) is 39.5 Å². The van der Waals surface area contributed by atoms with E-state index in [1.165, 1.54) is 16.7 Å². The molecule has 0 aliphatic carbocycles. The van der Waals surface area contributed by atoms with Gasteiger partial charge in [0.2, 0.25) is 0 Å². The fourth-order valence-corrected chi connectivity index (χ4v) is 2.93. The van der Waals surface area contributed by atoms with Gasteiger partial charge in [-0.05, 0) is 54.5 Å². The van der Waals surface area contributed by atoms with Crippen LogP contribution in [-0.4, -0.2) is 11.6 Å². The highest BCUT2D eigenvalue weighted by Crippen LogP contribution is 2.21. The average Bonchev–Trinajstić information content (AvgIpc) is 2.72. The third-order valence-electron chi connectivity index (χ3n) is 4.59. The van der Waals surface area contributed by atoms with E-state index < -0.39 is 0 Å². The van der Waals surface area contributed by atoms with Crippen molar-refractivity contribution in [1.29, 1.82) is 0 Å². The summed E-state index contributed by atoms with van der Waals surface area (Å²) in [6.45, 7) is 5.03. The van der Waals surface area contributed by atoms with Gasteiger partial charge >= 0.3 is 0 Å². The maximum Gasteiger partial charge on any atom is 0.137 e. The van der Waals surface area contributed by atoms with Gasteiger partial charge in [-0.2, -0.15) is 0 Å². The SMILES string of the molecule is CCCOc1ccc(-c2ccc(CCc3ccc(CC)cc3)cc2)nc1. The van der Waals surface area contributed by atoms with Gasteiger partial charge < -0.3 is 4.74 Å². The van der Waals surface area contributed by atoms with Crippen LogP contribution in [0.1, 0.15) is 37.0 Å². The number of nitrogens with zero attached hydrogens (tertiary/aromatic N) is 1. The van der Waals surface area contributed by atoms with Crippen molar-refractivity contribution < 1.29 is 4.74 Å². The number of hydrogen-bond acceptors (Lipinski definition) is 2. The summed E-state index contributed by atoms with van der Waals surface area (Å²) in [6.07, 6.45) is 6.04. The summed E-state index contributed by atoms with van der Waals surface area (Å²) in [5, 5.41) is 0. The summed E-state index contributed by atoms with van der Waals surface area (Å²) in [5.74, 6) is 0.835. The van der Waals surface area contributed by atoms with Gasteiger partial charge in [-0.15, -0.1) is 0 Å². The molecule has 1 heterocycles. The maximum absolute atomic E-state index is 5.59. The molecule has 0 N–H and O–H groups in total. The summed E-state index contributed by atoms with van der Waals surface area (Å²) in [4.78, 5) is 4.52. The van der Waals surface area contributed by atoms with Crippen LogP contribution in [0.4, 0.5) is 0 Å². The van der Waals surface area contributed by atoms with E-state index in [1.807, 2.05) is 12.1 Å². The van der Waals surface area contributed by atoms with Gasteiger partial charge in [-0.25, -0.2) is 0 Å². The summed E-state index contributed by atoms with van der Waals surface area (Å²) >= 11 is 0. The van der Waals surface area contributed by atoms with Crippen molar-refractivity contribution in [3.05, 3.63) is 83.6 Å². The number of aryl methyl sites for hydroxylation is 3. The molecule has 3 rings (SSSR count). The van der Waals surface area contributed by atoms with Gasteiger partial charge in [0.15, 0.2) is 0 Å². The fourth-order valence-electron chi connectivity index (χ4n) is 2.93. The van der Waals surface area contributed by atoms with Crippen molar-refractivity contribution in [3.8, 4) is 17.0 Å². The Morgan fingerprint density at radius 2 is 1.35 bits per heavy atom. The van der Waals surface area contributed by atoms with E-state index in [0.717, 1.165) is 49.3 Å². The van der Waals surface area contributed by atoms with Crippen LogP contribution >= 0.6 is 0 Å². The Kier molecular flexibility index (Phi) is 6.43. The molecule has 0 saturated heterocycles. The lowest BCUT2D eigenvalue weighted by Crippen LogP contribution is -1.95. The third kappa shape index (κ3) is 4.95.